The molecule has 0 aliphatic heterocycles. The van der Waals surface area contributed by atoms with E-state index in [0.717, 1.165) is 11.8 Å². The van der Waals surface area contributed by atoms with E-state index in [2.05, 4.69) is 39.6 Å². The lowest BCUT2D eigenvalue weighted by Gasteiger charge is -2.23. The van der Waals surface area contributed by atoms with Crippen LogP contribution >= 0.6 is 0 Å². The van der Waals surface area contributed by atoms with Crippen molar-refractivity contribution < 1.29 is 0 Å². The molecule has 0 spiro atoms. The summed E-state index contributed by atoms with van der Waals surface area (Å²) in [4.78, 5) is 2.65. The van der Waals surface area contributed by atoms with Crippen molar-refractivity contribution in [3.05, 3.63) is 0 Å². The van der Waals surface area contributed by atoms with E-state index in [4.69, 9.17) is 0 Å². The summed E-state index contributed by atoms with van der Waals surface area (Å²) in [6.07, 6.45) is 50.2. The molecule has 0 heterocycles. The van der Waals surface area contributed by atoms with E-state index < -0.39 is 0 Å². The third kappa shape index (κ3) is 37.3. The van der Waals surface area contributed by atoms with E-state index in [9.17, 15) is 0 Å². The molecule has 0 aromatic rings. The third-order valence-corrected chi connectivity index (χ3v) is 13.4. The summed E-state index contributed by atoms with van der Waals surface area (Å²) in [5, 5.41) is 0. The molecule has 284 valence electrons. The Morgan fingerprint density at radius 3 is 1.02 bits per heavy atom. The third-order valence-electron chi connectivity index (χ3n) is 11.4. The van der Waals surface area contributed by atoms with Crippen LogP contribution in [-0.4, -0.2) is 34.6 Å². The Kier molecular flexibility index (Phi) is 40.8. The van der Waals surface area contributed by atoms with Gasteiger partial charge in [-0.05, 0) is 38.4 Å². The Morgan fingerprint density at radius 1 is 0.319 bits per heavy atom. The highest BCUT2D eigenvalue weighted by atomic mass is 28.2. The van der Waals surface area contributed by atoms with Gasteiger partial charge in [-0.25, -0.2) is 0 Å². The summed E-state index contributed by atoms with van der Waals surface area (Å²) in [6.45, 7) is 12.1. The molecule has 0 aromatic heterocycles. The lowest BCUT2D eigenvalue weighted by Crippen LogP contribution is -2.21. The quantitative estimate of drug-likeness (QED) is 0.0460. The van der Waals surface area contributed by atoms with E-state index in [1.165, 1.54) is 237 Å². The van der Waals surface area contributed by atoms with Gasteiger partial charge in [0, 0.05) is 9.52 Å². The van der Waals surface area contributed by atoms with Gasteiger partial charge in [0.05, 0.1) is 0 Å². The van der Waals surface area contributed by atoms with Crippen LogP contribution in [0, 0.1) is 11.8 Å². The van der Waals surface area contributed by atoms with Gasteiger partial charge in [0.1, 0.15) is 0 Å². The first-order chi connectivity index (χ1) is 23.2. The minimum Gasteiger partial charge on any atom is -0.307 e. The predicted octanol–water partition coefficient (Wildman–Crippen LogP) is 15.5. The van der Waals surface area contributed by atoms with Crippen LogP contribution in [0.1, 0.15) is 246 Å². The van der Waals surface area contributed by atoms with Gasteiger partial charge in [-0.1, -0.05) is 252 Å². The molecule has 0 bridgehead atoms. The van der Waals surface area contributed by atoms with E-state index in [1.807, 2.05) is 0 Å². The first-order valence-electron chi connectivity index (χ1n) is 22.9. The summed E-state index contributed by atoms with van der Waals surface area (Å²) < 4.78 is 0. The van der Waals surface area contributed by atoms with Crippen LogP contribution in [0.2, 0.25) is 12.1 Å². The Labute approximate surface area is 303 Å². The Bertz CT molecular complexity index is 550. The molecular formula is C45H95NSi. The highest BCUT2D eigenvalue weighted by Crippen LogP contribution is 2.29. The zero-order valence-corrected chi connectivity index (χ0v) is 35.6. The van der Waals surface area contributed by atoms with Crippen molar-refractivity contribution in [2.45, 2.75) is 258 Å². The monoisotopic (exact) mass is 678 g/mol. The molecule has 0 saturated carbocycles. The fourth-order valence-electron chi connectivity index (χ4n) is 7.95. The molecule has 0 aromatic carbocycles. The molecule has 0 aliphatic rings. The van der Waals surface area contributed by atoms with Gasteiger partial charge in [0.2, 0.25) is 0 Å². The van der Waals surface area contributed by atoms with Gasteiger partial charge in [-0.15, -0.1) is 0 Å². The van der Waals surface area contributed by atoms with E-state index >= 15 is 0 Å². The highest BCUT2D eigenvalue weighted by molar-refractivity contribution is 6.35. The summed E-state index contributed by atoms with van der Waals surface area (Å²) in [6, 6.07) is 3.08. The molecule has 0 radical (unpaired) electrons. The van der Waals surface area contributed by atoms with Gasteiger partial charge in [0.25, 0.3) is 0 Å². The lowest BCUT2D eigenvalue weighted by atomic mass is 9.84. The van der Waals surface area contributed by atoms with Crippen molar-refractivity contribution >= 4 is 9.52 Å². The minimum atomic E-state index is 0.221. The SMILES string of the molecule is CCCCCCCCCCCCCC(CCCCC)CCC(CCCCCCCCCCCCC)CCCCN(C)CC[SiH2]CCC. The molecule has 0 amide bonds. The number of unbranched alkanes of at least 4 members (excludes halogenated alkanes) is 23. The van der Waals surface area contributed by atoms with Crippen molar-refractivity contribution in [3.8, 4) is 0 Å². The topological polar surface area (TPSA) is 3.24 Å². The van der Waals surface area contributed by atoms with Crippen LogP contribution in [0.25, 0.3) is 0 Å². The number of hydrogen-bond donors (Lipinski definition) is 0. The summed E-state index contributed by atoms with van der Waals surface area (Å²) in [5.74, 6) is 2.01. The minimum absolute atomic E-state index is 0.221. The second-order valence-corrected chi connectivity index (χ2v) is 18.4. The smallest absolute Gasteiger partial charge is 0.0212 e. The number of hydrogen-bond acceptors (Lipinski definition) is 1. The maximum Gasteiger partial charge on any atom is 0.0212 e. The second-order valence-electron chi connectivity index (χ2n) is 16.3. The first-order valence-corrected chi connectivity index (χ1v) is 24.9. The van der Waals surface area contributed by atoms with E-state index in [-0.39, 0.29) is 9.52 Å². The van der Waals surface area contributed by atoms with Crippen LogP contribution in [0.3, 0.4) is 0 Å². The number of nitrogens with zero attached hydrogens (tertiary/aromatic N) is 1. The average molecular weight is 678 g/mol. The van der Waals surface area contributed by atoms with Gasteiger partial charge in [0.15, 0.2) is 0 Å². The van der Waals surface area contributed by atoms with Gasteiger partial charge in [-0.3, -0.25) is 0 Å². The fourth-order valence-corrected chi connectivity index (χ4v) is 9.57. The molecule has 2 atom stereocenters. The van der Waals surface area contributed by atoms with Gasteiger partial charge >= 0.3 is 0 Å². The molecule has 2 unspecified atom stereocenters. The molecule has 0 aliphatic carbocycles. The Hall–Kier alpha value is 0.177. The predicted molar refractivity (Wildman–Crippen MR) is 222 cm³/mol. The molecule has 0 fully saturated rings. The highest BCUT2D eigenvalue weighted by Gasteiger charge is 2.14. The van der Waals surface area contributed by atoms with E-state index in [1.54, 1.807) is 6.04 Å². The van der Waals surface area contributed by atoms with Crippen molar-refractivity contribution in [1.82, 2.24) is 4.90 Å². The standard InChI is InChI=1S/C45H95NSi/c1-6-10-13-15-17-19-21-23-25-27-30-35-44(34-29-12-8-3)38-39-45(37-32-33-40-46(5)41-43-47-42-9-4)36-31-28-26-24-22-20-18-16-14-11-7-2/h44-45H,6-43,47H2,1-5H3. The lowest BCUT2D eigenvalue weighted by molar-refractivity contribution is 0.298. The summed E-state index contributed by atoms with van der Waals surface area (Å²) in [5.41, 5.74) is 0. The van der Waals surface area contributed by atoms with E-state index in [0.29, 0.717) is 0 Å². The van der Waals surface area contributed by atoms with Gasteiger partial charge in [-0.2, -0.15) is 0 Å². The Morgan fingerprint density at radius 2 is 0.638 bits per heavy atom. The van der Waals surface area contributed by atoms with Crippen LogP contribution < -0.4 is 0 Å². The molecule has 47 heavy (non-hydrogen) atoms. The zero-order chi connectivity index (χ0) is 34.3. The van der Waals surface area contributed by atoms with Crippen LogP contribution in [0.5, 0.6) is 0 Å². The van der Waals surface area contributed by atoms with Crippen molar-refractivity contribution in [3.63, 3.8) is 0 Å². The van der Waals surface area contributed by atoms with Crippen LogP contribution in [0.15, 0.2) is 0 Å². The molecule has 0 saturated heterocycles. The first kappa shape index (κ1) is 47.2. The zero-order valence-electron chi connectivity index (χ0n) is 34.2. The molecular weight excluding hydrogens is 583 g/mol. The number of rotatable bonds is 41. The maximum absolute atomic E-state index is 2.65. The maximum atomic E-state index is 2.65. The summed E-state index contributed by atoms with van der Waals surface area (Å²) in [7, 11) is 2.61. The molecule has 0 N–H and O–H groups in total. The molecule has 0 rings (SSSR count). The van der Waals surface area contributed by atoms with Crippen molar-refractivity contribution in [1.29, 1.82) is 0 Å². The van der Waals surface area contributed by atoms with Crippen LogP contribution in [0.4, 0.5) is 0 Å². The molecule has 1 nitrogen and oxygen atoms in total. The van der Waals surface area contributed by atoms with Crippen molar-refractivity contribution in [2.75, 3.05) is 20.1 Å². The second kappa shape index (κ2) is 40.6. The Balaban J connectivity index is 4.51. The largest absolute Gasteiger partial charge is 0.307 e. The van der Waals surface area contributed by atoms with Crippen LogP contribution in [-0.2, 0) is 0 Å². The van der Waals surface area contributed by atoms with Gasteiger partial charge < -0.3 is 4.90 Å². The fraction of sp³-hybridized carbons (Fsp3) is 1.00. The average Bonchev–Trinajstić information content (AvgIpc) is 3.08. The molecule has 2 heteroatoms. The normalized spacial score (nSPS) is 13.4. The summed E-state index contributed by atoms with van der Waals surface area (Å²) >= 11 is 0. The van der Waals surface area contributed by atoms with Crippen molar-refractivity contribution in [2.24, 2.45) is 11.8 Å².